The van der Waals surface area contributed by atoms with Gasteiger partial charge in [-0.3, -0.25) is 4.79 Å². The summed E-state index contributed by atoms with van der Waals surface area (Å²) in [4.78, 5) is 21.7. The van der Waals surface area contributed by atoms with Crippen LogP contribution in [0.3, 0.4) is 0 Å². The predicted octanol–water partition coefficient (Wildman–Crippen LogP) is 1.31. The predicted molar refractivity (Wildman–Crippen MR) is 79.3 cm³/mol. The van der Waals surface area contributed by atoms with Gasteiger partial charge in [0.15, 0.2) is 0 Å². The lowest BCUT2D eigenvalue weighted by molar-refractivity contribution is -0.149. The third-order valence-electron chi connectivity index (χ3n) is 3.81. The smallest absolute Gasteiger partial charge is 0.311 e. The second-order valence-electron chi connectivity index (χ2n) is 5.23. The minimum Gasteiger partial charge on any atom is -0.481 e. The molecule has 0 bridgehead atoms. The fourth-order valence-electron chi connectivity index (χ4n) is 2.73. The molecule has 0 aromatic carbocycles. The molecule has 21 heavy (non-hydrogen) atoms. The number of nitrogens with zero attached hydrogens (tertiary/aromatic N) is 3. The minimum atomic E-state index is -0.826. The van der Waals surface area contributed by atoms with Crippen LogP contribution in [-0.2, 0) is 4.79 Å². The molecular formula is C14H20N4O3. The Kier molecular flexibility index (Phi) is 4.30. The van der Waals surface area contributed by atoms with Crippen LogP contribution < -0.4 is 15.4 Å². The monoisotopic (exact) mass is 292 g/mol. The summed E-state index contributed by atoms with van der Waals surface area (Å²) in [5.41, 5.74) is 4.84. The van der Waals surface area contributed by atoms with E-state index in [4.69, 9.17) is 10.5 Å². The van der Waals surface area contributed by atoms with Gasteiger partial charge in [0.1, 0.15) is 5.82 Å². The first-order valence-electron chi connectivity index (χ1n) is 6.78. The number of hydrogen-bond acceptors (Lipinski definition) is 6. The summed E-state index contributed by atoms with van der Waals surface area (Å²) in [7, 11) is 1.50. The molecule has 2 heterocycles. The molecule has 0 amide bonds. The van der Waals surface area contributed by atoms with Crippen molar-refractivity contribution in [1.29, 1.82) is 0 Å². The van der Waals surface area contributed by atoms with Crippen molar-refractivity contribution in [2.24, 2.45) is 5.41 Å². The second-order valence-corrected chi connectivity index (χ2v) is 5.23. The first-order valence-corrected chi connectivity index (χ1v) is 6.78. The number of nitrogen functional groups attached to an aromatic ring is 1. The van der Waals surface area contributed by atoms with E-state index in [1.165, 1.54) is 7.11 Å². The highest BCUT2D eigenvalue weighted by molar-refractivity contribution is 5.76. The van der Waals surface area contributed by atoms with Crippen LogP contribution in [-0.4, -0.2) is 41.2 Å². The number of allylic oxidation sites excluding steroid dienone is 1. The molecule has 0 radical (unpaired) electrons. The number of aromatic nitrogens is 2. The zero-order valence-electron chi connectivity index (χ0n) is 12.1. The van der Waals surface area contributed by atoms with Crippen LogP contribution in [0.2, 0.25) is 0 Å². The Labute approximate surface area is 123 Å². The Balaban J connectivity index is 2.30. The summed E-state index contributed by atoms with van der Waals surface area (Å²) in [5.74, 6) is 0.266. The molecule has 0 aliphatic carbocycles. The van der Waals surface area contributed by atoms with Crippen molar-refractivity contribution >= 4 is 17.7 Å². The first-order chi connectivity index (χ1) is 10.0. The molecule has 0 saturated carbocycles. The zero-order chi connectivity index (χ0) is 15.5. The molecule has 3 N–H and O–H groups in total. The van der Waals surface area contributed by atoms with Crippen molar-refractivity contribution in [1.82, 2.24) is 9.97 Å². The molecule has 1 unspecified atom stereocenters. The number of aliphatic carboxylic acids is 1. The quantitative estimate of drug-likeness (QED) is 0.789. The molecule has 7 heteroatoms. The summed E-state index contributed by atoms with van der Waals surface area (Å²) >= 11 is 0. The Hall–Kier alpha value is -2.31. The Morgan fingerprint density at radius 2 is 2.43 bits per heavy atom. The number of rotatable bonds is 5. The van der Waals surface area contributed by atoms with Crippen LogP contribution in [0.5, 0.6) is 5.88 Å². The molecule has 7 nitrogen and oxygen atoms in total. The topological polar surface area (TPSA) is 102 Å². The normalized spacial score (nSPS) is 21.9. The van der Waals surface area contributed by atoms with Crippen molar-refractivity contribution in [2.45, 2.75) is 19.3 Å². The molecule has 2 rings (SSSR count). The number of ether oxygens (including phenoxy) is 1. The van der Waals surface area contributed by atoms with E-state index in [9.17, 15) is 9.90 Å². The summed E-state index contributed by atoms with van der Waals surface area (Å²) in [6.07, 6.45) is 3.48. The number of hydrogen-bond donors (Lipinski definition) is 2. The van der Waals surface area contributed by atoms with Gasteiger partial charge in [-0.2, -0.15) is 9.97 Å². The van der Waals surface area contributed by atoms with E-state index >= 15 is 0 Å². The van der Waals surface area contributed by atoms with Crippen molar-refractivity contribution < 1.29 is 14.6 Å². The fourth-order valence-corrected chi connectivity index (χ4v) is 2.73. The number of nitrogens with two attached hydrogens (primary N) is 1. The highest BCUT2D eigenvalue weighted by atomic mass is 16.5. The molecule has 1 aromatic rings. The van der Waals surface area contributed by atoms with Gasteiger partial charge in [0.05, 0.1) is 12.5 Å². The Bertz CT molecular complexity index is 549. The van der Waals surface area contributed by atoms with Gasteiger partial charge in [-0.1, -0.05) is 6.08 Å². The van der Waals surface area contributed by atoms with Crippen molar-refractivity contribution in [3.8, 4) is 5.88 Å². The molecule has 1 atom stereocenters. The van der Waals surface area contributed by atoms with E-state index in [-0.39, 0.29) is 5.95 Å². The van der Waals surface area contributed by atoms with Gasteiger partial charge in [0, 0.05) is 19.2 Å². The summed E-state index contributed by atoms with van der Waals surface area (Å²) in [6, 6.07) is 1.67. The Morgan fingerprint density at radius 3 is 3.05 bits per heavy atom. The third kappa shape index (κ3) is 3.07. The average molecular weight is 292 g/mol. The lowest BCUT2D eigenvalue weighted by Gasteiger charge is -2.40. The molecular weight excluding hydrogens is 272 g/mol. The van der Waals surface area contributed by atoms with Gasteiger partial charge in [0.2, 0.25) is 11.8 Å². The van der Waals surface area contributed by atoms with Crippen LogP contribution in [0.25, 0.3) is 0 Å². The number of piperidine rings is 1. The van der Waals surface area contributed by atoms with E-state index in [0.717, 1.165) is 13.0 Å². The van der Waals surface area contributed by atoms with E-state index in [0.29, 0.717) is 31.1 Å². The van der Waals surface area contributed by atoms with Crippen LogP contribution in [0.4, 0.5) is 11.8 Å². The van der Waals surface area contributed by atoms with Crippen molar-refractivity contribution in [3.63, 3.8) is 0 Å². The van der Waals surface area contributed by atoms with Gasteiger partial charge < -0.3 is 20.5 Å². The summed E-state index contributed by atoms with van der Waals surface area (Å²) in [5, 5.41) is 9.58. The number of anilines is 2. The first kappa shape index (κ1) is 15.1. The SMILES string of the molecule is C=CCC1(C(=O)O)CCCN(c2cc(OC)nc(N)n2)C1. The van der Waals surface area contributed by atoms with Crippen molar-refractivity contribution in [3.05, 3.63) is 18.7 Å². The lowest BCUT2D eigenvalue weighted by atomic mass is 9.77. The maximum absolute atomic E-state index is 11.7. The van der Waals surface area contributed by atoms with Crippen LogP contribution in [0.1, 0.15) is 19.3 Å². The Morgan fingerprint density at radius 1 is 1.67 bits per heavy atom. The minimum absolute atomic E-state index is 0.111. The van der Waals surface area contributed by atoms with Crippen LogP contribution in [0.15, 0.2) is 18.7 Å². The van der Waals surface area contributed by atoms with Gasteiger partial charge in [0.25, 0.3) is 0 Å². The third-order valence-corrected chi connectivity index (χ3v) is 3.81. The number of carbonyl (C=O) groups is 1. The highest BCUT2D eigenvalue weighted by Gasteiger charge is 2.41. The lowest BCUT2D eigenvalue weighted by Crippen LogP contribution is -2.48. The van der Waals surface area contributed by atoms with E-state index in [1.54, 1.807) is 12.1 Å². The fraction of sp³-hybridized carbons (Fsp3) is 0.500. The van der Waals surface area contributed by atoms with Gasteiger partial charge in [-0.15, -0.1) is 6.58 Å². The summed E-state index contributed by atoms with van der Waals surface area (Å²) in [6.45, 7) is 4.77. The molecule has 0 spiro atoms. The van der Waals surface area contributed by atoms with Crippen LogP contribution >= 0.6 is 0 Å². The van der Waals surface area contributed by atoms with Gasteiger partial charge >= 0.3 is 5.97 Å². The maximum atomic E-state index is 11.7. The van der Waals surface area contributed by atoms with E-state index in [1.807, 2.05) is 4.90 Å². The number of carboxylic acid groups (broad SMARTS) is 1. The molecule has 1 aliphatic rings. The maximum Gasteiger partial charge on any atom is 0.311 e. The molecule has 114 valence electrons. The van der Waals surface area contributed by atoms with E-state index in [2.05, 4.69) is 16.5 Å². The number of methoxy groups -OCH3 is 1. The van der Waals surface area contributed by atoms with E-state index < -0.39 is 11.4 Å². The van der Waals surface area contributed by atoms with Crippen LogP contribution in [0, 0.1) is 5.41 Å². The largest absolute Gasteiger partial charge is 0.481 e. The molecule has 1 saturated heterocycles. The number of carboxylic acids is 1. The molecule has 1 fully saturated rings. The van der Waals surface area contributed by atoms with Crippen molar-refractivity contribution in [2.75, 3.05) is 30.8 Å². The molecule has 1 aromatic heterocycles. The average Bonchev–Trinajstić information content (AvgIpc) is 2.47. The van der Waals surface area contributed by atoms with Gasteiger partial charge in [-0.05, 0) is 19.3 Å². The highest BCUT2D eigenvalue weighted by Crippen LogP contribution is 2.36. The standard InChI is InChI=1S/C14H20N4O3/c1-3-5-14(12(19)20)6-4-7-18(9-14)10-8-11(21-2)17-13(15)16-10/h3,8H,1,4-7,9H2,2H3,(H,19,20)(H2,15,16,17). The molecule has 1 aliphatic heterocycles. The second kappa shape index (κ2) is 5.99. The summed E-state index contributed by atoms with van der Waals surface area (Å²) < 4.78 is 5.08. The zero-order valence-corrected chi connectivity index (χ0v) is 12.1. The van der Waals surface area contributed by atoms with Gasteiger partial charge in [-0.25, -0.2) is 0 Å².